The summed E-state index contributed by atoms with van der Waals surface area (Å²) >= 11 is 0. The first-order valence-corrected chi connectivity index (χ1v) is 4.07. The fourth-order valence-electron chi connectivity index (χ4n) is 0.818. The molecular weight excluding hydrogens is 150 g/mol. The molecule has 1 rings (SSSR count). The first-order chi connectivity index (χ1) is 5.72. The number of benzene rings is 1. The smallest absolute Gasteiger partial charge is 0.161 e. The molecule has 0 aromatic heterocycles. The lowest BCUT2D eigenvalue weighted by Gasteiger charge is -1.97. The maximum atomic E-state index is 10.8. The number of Topliss-reactive ketones (excluding diaryl/α,β-unsaturated/α-hetero) is 1. The molecule has 0 aliphatic carbocycles. The number of hydrogen-bond donors (Lipinski definition) is 1. The van der Waals surface area contributed by atoms with Gasteiger partial charge in [0, 0.05) is 11.3 Å². The summed E-state index contributed by atoms with van der Waals surface area (Å²) in [6.07, 6.45) is 0. The van der Waals surface area contributed by atoms with E-state index in [0.717, 1.165) is 0 Å². The molecule has 0 atom stereocenters. The Kier molecular flexibility index (Phi) is 4.77. The van der Waals surface area contributed by atoms with Crippen molar-refractivity contribution in [3.63, 3.8) is 0 Å². The van der Waals surface area contributed by atoms with E-state index in [1.165, 1.54) is 6.92 Å². The summed E-state index contributed by atoms with van der Waals surface area (Å²) in [6.45, 7) is 5.51. The van der Waals surface area contributed by atoms with Gasteiger partial charge in [-0.25, -0.2) is 0 Å². The van der Waals surface area contributed by atoms with E-state index < -0.39 is 0 Å². The minimum absolute atomic E-state index is 0.0121. The molecule has 0 aliphatic heterocycles. The van der Waals surface area contributed by atoms with Crippen LogP contribution >= 0.6 is 0 Å². The molecule has 0 fully saturated rings. The molecule has 2 heteroatoms. The van der Waals surface area contributed by atoms with Gasteiger partial charge in [-0.15, -0.1) is 0 Å². The predicted octanol–water partition coefficient (Wildman–Crippen LogP) is 2.50. The highest BCUT2D eigenvalue weighted by atomic mass is 16.1. The molecule has 12 heavy (non-hydrogen) atoms. The normalized spacial score (nSPS) is 8.25. The zero-order valence-corrected chi connectivity index (χ0v) is 7.79. The van der Waals surface area contributed by atoms with Crippen LogP contribution in [0.15, 0.2) is 24.3 Å². The second-order valence-electron chi connectivity index (χ2n) is 2.14. The van der Waals surface area contributed by atoms with Crippen molar-refractivity contribution in [2.45, 2.75) is 20.8 Å². The minimum atomic E-state index is 0.0121. The molecule has 0 spiro atoms. The Morgan fingerprint density at radius 3 is 2.08 bits per heavy atom. The van der Waals surface area contributed by atoms with Crippen LogP contribution in [-0.2, 0) is 0 Å². The fourth-order valence-corrected chi connectivity index (χ4v) is 0.818. The molecule has 0 bridgehead atoms. The van der Waals surface area contributed by atoms with Crippen LogP contribution < -0.4 is 5.73 Å². The number of carbonyl (C=O) groups excluding carboxylic acids is 1. The molecule has 0 saturated heterocycles. The summed E-state index contributed by atoms with van der Waals surface area (Å²) in [5, 5.41) is 0. The minimum Gasteiger partial charge on any atom is -0.398 e. The van der Waals surface area contributed by atoms with Crippen LogP contribution in [-0.4, -0.2) is 5.78 Å². The van der Waals surface area contributed by atoms with E-state index in [4.69, 9.17) is 5.73 Å². The van der Waals surface area contributed by atoms with Crippen LogP contribution in [0.5, 0.6) is 0 Å². The van der Waals surface area contributed by atoms with Gasteiger partial charge in [0.15, 0.2) is 5.78 Å². The van der Waals surface area contributed by atoms with E-state index in [-0.39, 0.29) is 5.78 Å². The van der Waals surface area contributed by atoms with Crippen molar-refractivity contribution in [3.05, 3.63) is 29.8 Å². The van der Waals surface area contributed by atoms with E-state index >= 15 is 0 Å². The van der Waals surface area contributed by atoms with Crippen LogP contribution in [0, 0.1) is 0 Å². The molecule has 1 aromatic carbocycles. The Morgan fingerprint density at radius 1 is 1.25 bits per heavy atom. The lowest BCUT2D eigenvalue weighted by molar-refractivity contribution is 0.101. The van der Waals surface area contributed by atoms with Crippen LogP contribution in [0.4, 0.5) is 5.69 Å². The predicted molar refractivity (Wildman–Crippen MR) is 52.2 cm³/mol. The lowest BCUT2D eigenvalue weighted by atomic mass is 10.1. The summed E-state index contributed by atoms with van der Waals surface area (Å²) in [4.78, 5) is 10.8. The molecule has 0 saturated carbocycles. The average molecular weight is 165 g/mol. The Balaban J connectivity index is 0.000000561. The van der Waals surface area contributed by atoms with E-state index in [1.54, 1.807) is 18.2 Å². The zero-order valence-electron chi connectivity index (χ0n) is 7.79. The van der Waals surface area contributed by atoms with Gasteiger partial charge < -0.3 is 5.73 Å². The van der Waals surface area contributed by atoms with Crippen molar-refractivity contribution in [2.24, 2.45) is 0 Å². The Labute approximate surface area is 73.4 Å². The van der Waals surface area contributed by atoms with Gasteiger partial charge >= 0.3 is 0 Å². The summed E-state index contributed by atoms with van der Waals surface area (Å²) in [5.74, 6) is 0.0121. The number of nitrogen functional groups attached to an aromatic ring is 1. The van der Waals surface area contributed by atoms with Crippen molar-refractivity contribution < 1.29 is 4.79 Å². The summed E-state index contributed by atoms with van der Waals surface area (Å²) < 4.78 is 0. The van der Waals surface area contributed by atoms with E-state index in [9.17, 15) is 4.79 Å². The van der Waals surface area contributed by atoms with Crippen molar-refractivity contribution in [3.8, 4) is 0 Å². The monoisotopic (exact) mass is 165 g/mol. The number of para-hydroxylation sites is 1. The summed E-state index contributed by atoms with van der Waals surface area (Å²) in [5.41, 5.74) is 6.65. The highest BCUT2D eigenvalue weighted by Crippen LogP contribution is 2.09. The molecule has 66 valence electrons. The first-order valence-electron chi connectivity index (χ1n) is 4.07. The molecule has 1 aromatic rings. The highest BCUT2D eigenvalue weighted by Gasteiger charge is 2.00. The molecule has 0 aliphatic rings. The summed E-state index contributed by atoms with van der Waals surface area (Å²) in [6, 6.07) is 7.04. The number of rotatable bonds is 1. The highest BCUT2D eigenvalue weighted by molar-refractivity contribution is 5.98. The van der Waals surface area contributed by atoms with Gasteiger partial charge in [0.25, 0.3) is 0 Å². The van der Waals surface area contributed by atoms with Gasteiger partial charge in [-0.3, -0.25) is 4.79 Å². The number of anilines is 1. The number of carbonyl (C=O) groups is 1. The topological polar surface area (TPSA) is 43.1 Å². The van der Waals surface area contributed by atoms with Crippen LogP contribution in [0.2, 0.25) is 0 Å². The van der Waals surface area contributed by atoms with Crippen LogP contribution in [0.1, 0.15) is 31.1 Å². The third-order valence-corrected chi connectivity index (χ3v) is 1.34. The van der Waals surface area contributed by atoms with E-state index in [0.29, 0.717) is 11.3 Å². The molecule has 0 heterocycles. The van der Waals surface area contributed by atoms with E-state index in [2.05, 4.69) is 0 Å². The van der Waals surface area contributed by atoms with Gasteiger partial charge in [-0.1, -0.05) is 26.0 Å². The van der Waals surface area contributed by atoms with Crippen LogP contribution in [0.3, 0.4) is 0 Å². The lowest BCUT2D eigenvalue weighted by Crippen LogP contribution is -1.97. The Morgan fingerprint density at radius 2 is 1.75 bits per heavy atom. The first kappa shape index (κ1) is 10.7. The van der Waals surface area contributed by atoms with Gasteiger partial charge in [0.05, 0.1) is 0 Å². The molecule has 0 unspecified atom stereocenters. The molecular formula is C10H15NO. The zero-order chi connectivity index (χ0) is 9.56. The van der Waals surface area contributed by atoms with Gasteiger partial charge in [0.2, 0.25) is 0 Å². The summed E-state index contributed by atoms with van der Waals surface area (Å²) in [7, 11) is 0. The average Bonchev–Trinajstić information content (AvgIpc) is 2.08. The van der Waals surface area contributed by atoms with Crippen molar-refractivity contribution in [1.29, 1.82) is 0 Å². The van der Waals surface area contributed by atoms with Crippen molar-refractivity contribution >= 4 is 11.5 Å². The molecule has 0 radical (unpaired) electrons. The van der Waals surface area contributed by atoms with Crippen LogP contribution in [0.25, 0.3) is 0 Å². The Bertz CT molecular complexity index is 256. The molecule has 2 nitrogen and oxygen atoms in total. The molecule has 0 amide bonds. The second kappa shape index (κ2) is 5.35. The standard InChI is InChI=1S/C8H9NO.C2H6/c1-6(10)7-4-2-3-5-8(7)9;1-2/h2-5H,9H2,1H3;1-2H3. The van der Waals surface area contributed by atoms with Gasteiger partial charge in [0.1, 0.15) is 0 Å². The maximum absolute atomic E-state index is 10.8. The quantitative estimate of drug-likeness (QED) is 0.513. The SMILES string of the molecule is CC.CC(=O)c1ccccc1N. The second-order valence-corrected chi connectivity index (χ2v) is 2.14. The maximum Gasteiger partial charge on any atom is 0.161 e. The number of hydrogen-bond acceptors (Lipinski definition) is 2. The number of nitrogens with two attached hydrogens (primary N) is 1. The third kappa shape index (κ3) is 2.74. The number of ketones is 1. The van der Waals surface area contributed by atoms with Gasteiger partial charge in [-0.2, -0.15) is 0 Å². The van der Waals surface area contributed by atoms with Gasteiger partial charge in [-0.05, 0) is 19.1 Å². The van der Waals surface area contributed by atoms with Crippen molar-refractivity contribution in [2.75, 3.05) is 5.73 Å². The third-order valence-electron chi connectivity index (χ3n) is 1.34. The fraction of sp³-hybridized carbons (Fsp3) is 0.300. The van der Waals surface area contributed by atoms with E-state index in [1.807, 2.05) is 19.9 Å². The Hall–Kier alpha value is -1.31. The molecule has 2 N–H and O–H groups in total. The van der Waals surface area contributed by atoms with Crippen molar-refractivity contribution in [1.82, 2.24) is 0 Å². The largest absolute Gasteiger partial charge is 0.398 e.